The number of ether oxygens (including phenoxy) is 1. The fraction of sp³-hybridized carbons (Fsp3) is 0.0800. The minimum atomic E-state index is -0.521. The number of carbonyl (C=O) groups is 2. The van der Waals surface area contributed by atoms with E-state index < -0.39 is 16.7 Å². The summed E-state index contributed by atoms with van der Waals surface area (Å²) >= 11 is 7.56. The lowest BCUT2D eigenvalue weighted by molar-refractivity contribution is -0.387. The van der Waals surface area contributed by atoms with Crippen LogP contribution in [0.4, 0.5) is 5.69 Å². The molecule has 2 amide bonds. The van der Waals surface area contributed by atoms with Crippen molar-refractivity contribution >= 4 is 63.6 Å². The van der Waals surface area contributed by atoms with Crippen molar-refractivity contribution in [2.45, 2.75) is 16.7 Å². The number of nitro groups is 1. The Labute approximate surface area is 220 Å². The van der Waals surface area contributed by atoms with Crippen LogP contribution in [0.25, 0.3) is 6.08 Å². The van der Waals surface area contributed by atoms with Crippen molar-refractivity contribution in [3.63, 3.8) is 0 Å². The zero-order valence-corrected chi connectivity index (χ0v) is 21.5. The fourth-order valence-corrected chi connectivity index (χ4v) is 5.29. The molecule has 182 valence electrons. The molecule has 0 aliphatic carbocycles. The molecule has 0 unspecified atom stereocenters. The molecule has 0 spiro atoms. The van der Waals surface area contributed by atoms with E-state index in [1.54, 1.807) is 36.4 Å². The van der Waals surface area contributed by atoms with Gasteiger partial charge in [-0.2, -0.15) is 5.01 Å². The molecule has 0 bridgehead atoms. The second-order valence-electron chi connectivity index (χ2n) is 7.59. The number of nitro benzene ring substituents is 1. The normalized spacial score (nSPS) is 14.3. The zero-order chi connectivity index (χ0) is 25.8. The number of methoxy groups -OCH3 is 1. The van der Waals surface area contributed by atoms with E-state index >= 15 is 0 Å². The van der Waals surface area contributed by atoms with Crippen LogP contribution in [0.5, 0.6) is 5.75 Å². The maximum absolute atomic E-state index is 12.9. The van der Waals surface area contributed by atoms with E-state index in [0.29, 0.717) is 21.8 Å². The van der Waals surface area contributed by atoms with Gasteiger partial charge in [-0.3, -0.25) is 25.1 Å². The first kappa shape index (κ1) is 25.4. The number of hydrazine groups is 1. The van der Waals surface area contributed by atoms with Crippen LogP contribution >= 0.6 is 35.7 Å². The van der Waals surface area contributed by atoms with Gasteiger partial charge in [0.2, 0.25) is 0 Å². The highest BCUT2D eigenvalue weighted by molar-refractivity contribution is 8.26. The molecule has 0 atom stereocenters. The third-order valence-corrected chi connectivity index (χ3v) is 7.46. The van der Waals surface area contributed by atoms with Crippen LogP contribution in [0.3, 0.4) is 0 Å². The second-order valence-corrected chi connectivity index (χ2v) is 10.4. The Bertz CT molecular complexity index is 1390. The van der Waals surface area contributed by atoms with Crippen molar-refractivity contribution < 1.29 is 19.2 Å². The van der Waals surface area contributed by atoms with Crippen molar-refractivity contribution in [3.05, 3.63) is 98.4 Å². The SMILES string of the molecule is COc1ccc(C(=O)NN2C(=O)/C(=C/c3ccc(Sc4ccc(C)cc4)c([N+](=O)[O-])c3)SC2=S)cc1. The summed E-state index contributed by atoms with van der Waals surface area (Å²) < 4.78 is 5.23. The molecule has 1 aliphatic rings. The minimum absolute atomic E-state index is 0.0717. The van der Waals surface area contributed by atoms with Crippen LogP contribution in [-0.2, 0) is 4.79 Å². The van der Waals surface area contributed by atoms with Gasteiger partial charge in [-0.1, -0.05) is 47.3 Å². The summed E-state index contributed by atoms with van der Waals surface area (Å²) in [7, 11) is 1.52. The molecule has 8 nitrogen and oxygen atoms in total. The Balaban J connectivity index is 1.52. The number of thioether (sulfide) groups is 1. The van der Waals surface area contributed by atoms with E-state index in [1.165, 1.54) is 31.0 Å². The fourth-order valence-electron chi connectivity index (χ4n) is 3.21. The number of rotatable bonds is 7. The molecule has 1 N–H and O–H groups in total. The number of nitrogens with one attached hydrogen (secondary N) is 1. The number of amides is 2. The van der Waals surface area contributed by atoms with E-state index in [1.807, 2.05) is 31.2 Å². The molecule has 1 fully saturated rings. The van der Waals surface area contributed by atoms with Gasteiger partial charge >= 0.3 is 0 Å². The van der Waals surface area contributed by atoms with E-state index in [2.05, 4.69) is 5.43 Å². The monoisotopic (exact) mass is 537 g/mol. The summed E-state index contributed by atoms with van der Waals surface area (Å²) in [6.07, 6.45) is 1.52. The highest BCUT2D eigenvalue weighted by Gasteiger charge is 2.34. The van der Waals surface area contributed by atoms with Crippen molar-refractivity contribution in [2.75, 3.05) is 7.11 Å². The molecule has 11 heteroatoms. The molecular weight excluding hydrogens is 518 g/mol. The molecule has 0 saturated carbocycles. The summed E-state index contributed by atoms with van der Waals surface area (Å²) in [6, 6.07) is 18.9. The molecule has 1 saturated heterocycles. The Morgan fingerprint density at radius 3 is 2.47 bits per heavy atom. The standard InChI is InChI=1S/C25H19N3O5S3/c1-15-3-10-19(11-4-15)35-21-12-5-16(13-20(21)28(31)32)14-22-24(30)27(25(34)36-22)26-23(29)17-6-8-18(33-2)9-7-17/h3-14H,1-2H3,(H,26,29)/b22-14-. The molecule has 4 rings (SSSR count). The second kappa shape index (κ2) is 10.9. The number of hydrogen-bond acceptors (Lipinski definition) is 8. The number of benzene rings is 3. The molecule has 0 aromatic heterocycles. The highest BCUT2D eigenvalue weighted by Crippen LogP contribution is 2.37. The third kappa shape index (κ3) is 5.76. The van der Waals surface area contributed by atoms with Crippen LogP contribution in [0.2, 0.25) is 0 Å². The van der Waals surface area contributed by atoms with Crippen molar-refractivity contribution in [1.29, 1.82) is 0 Å². The largest absolute Gasteiger partial charge is 0.497 e. The summed E-state index contributed by atoms with van der Waals surface area (Å²) in [5, 5.41) is 12.7. The first-order valence-corrected chi connectivity index (χ1v) is 12.6. The third-order valence-electron chi connectivity index (χ3n) is 5.09. The van der Waals surface area contributed by atoms with E-state index in [-0.39, 0.29) is 14.9 Å². The van der Waals surface area contributed by atoms with Gasteiger partial charge < -0.3 is 4.74 Å². The number of thiocarbonyl (C=S) groups is 1. The van der Waals surface area contributed by atoms with Gasteiger partial charge in [-0.25, -0.2) is 0 Å². The van der Waals surface area contributed by atoms with Crippen molar-refractivity contribution in [2.24, 2.45) is 0 Å². The average Bonchev–Trinajstić information content (AvgIpc) is 3.13. The predicted molar refractivity (Wildman–Crippen MR) is 144 cm³/mol. The lowest BCUT2D eigenvalue weighted by atomic mass is 10.2. The highest BCUT2D eigenvalue weighted by atomic mass is 32.2. The van der Waals surface area contributed by atoms with Gasteiger partial charge in [0.15, 0.2) is 4.32 Å². The summed E-state index contributed by atoms with van der Waals surface area (Å²) in [4.78, 5) is 38.4. The molecule has 0 radical (unpaired) electrons. The number of carbonyl (C=O) groups excluding carboxylic acids is 2. The lowest BCUT2D eigenvalue weighted by Crippen LogP contribution is -2.44. The van der Waals surface area contributed by atoms with Crippen molar-refractivity contribution in [3.8, 4) is 5.75 Å². The summed E-state index contributed by atoms with van der Waals surface area (Å²) in [5.41, 5.74) is 4.33. The van der Waals surface area contributed by atoms with Gasteiger partial charge in [0.1, 0.15) is 5.75 Å². The van der Waals surface area contributed by atoms with Crippen LogP contribution < -0.4 is 10.2 Å². The Morgan fingerprint density at radius 1 is 1.14 bits per heavy atom. The smallest absolute Gasteiger partial charge is 0.285 e. The van der Waals surface area contributed by atoms with Crippen LogP contribution in [0.15, 0.2) is 81.4 Å². The Kier molecular flexibility index (Phi) is 7.73. The lowest BCUT2D eigenvalue weighted by Gasteiger charge is -2.15. The first-order chi connectivity index (χ1) is 17.2. The number of aryl methyl sites for hydroxylation is 1. The molecule has 3 aromatic rings. The molecular formula is C25H19N3O5S3. The van der Waals surface area contributed by atoms with Crippen LogP contribution in [-0.4, -0.2) is 33.2 Å². The van der Waals surface area contributed by atoms with E-state index in [0.717, 1.165) is 27.2 Å². The van der Waals surface area contributed by atoms with Crippen LogP contribution in [0.1, 0.15) is 21.5 Å². The van der Waals surface area contributed by atoms with E-state index in [9.17, 15) is 19.7 Å². The van der Waals surface area contributed by atoms with Gasteiger partial charge in [-0.15, -0.1) is 0 Å². The zero-order valence-electron chi connectivity index (χ0n) is 19.1. The van der Waals surface area contributed by atoms with Gasteiger partial charge in [0.25, 0.3) is 17.5 Å². The number of hydrogen-bond donors (Lipinski definition) is 1. The first-order valence-electron chi connectivity index (χ1n) is 10.5. The minimum Gasteiger partial charge on any atom is -0.497 e. The van der Waals surface area contributed by atoms with Gasteiger partial charge in [0.05, 0.1) is 21.8 Å². The number of nitrogens with zero attached hydrogens (tertiary/aromatic N) is 2. The van der Waals surface area contributed by atoms with Gasteiger partial charge in [-0.05, 0) is 73.2 Å². The van der Waals surface area contributed by atoms with Crippen molar-refractivity contribution in [1.82, 2.24) is 10.4 Å². The molecule has 1 aliphatic heterocycles. The molecule has 3 aromatic carbocycles. The summed E-state index contributed by atoms with van der Waals surface area (Å²) in [5.74, 6) is -0.437. The average molecular weight is 538 g/mol. The van der Waals surface area contributed by atoms with Crippen LogP contribution in [0, 0.1) is 17.0 Å². The van der Waals surface area contributed by atoms with Gasteiger partial charge in [0, 0.05) is 16.5 Å². The topological polar surface area (TPSA) is 102 Å². The Hall–Kier alpha value is -3.67. The Morgan fingerprint density at radius 2 is 1.83 bits per heavy atom. The maximum Gasteiger partial charge on any atom is 0.285 e. The maximum atomic E-state index is 12.9. The molecule has 36 heavy (non-hydrogen) atoms. The van der Waals surface area contributed by atoms with E-state index in [4.69, 9.17) is 17.0 Å². The molecule has 1 heterocycles. The summed E-state index contributed by atoms with van der Waals surface area (Å²) in [6.45, 7) is 1.97. The predicted octanol–water partition coefficient (Wildman–Crippen LogP) is 5.61. The quantitative estimate of drug-likeness (QED) is 0.180.